The number of aromatic nitrogens is 3. The maximum atomic E-state index is 14.6. The molecular weight excluding hydrogens is 456 g/mol. The third-order valence-corrected chi connectivity index (χ3v) is 7.06. The first-order chi connectivity index (χ1) is 14.7. The van der Waals surface area contributed by atoms with Crippen LogP contribution in [0.1, 0.15) is 5.56 Å². The molecule has 0 radical (unpaired) electrons. The van der Waals surface area contributed by atoms with Gasteiger partial charge in [-0.1, -0.05) is 48.9 Å². The monoisotopic (exact) mass is 477 g/mol. The van der Waals surface area contributed by atoms with Gasteiger partial charge in [0.1, 0.15) is 23.5 Å². The van der Waals surface area contributed by atoms with E-state index in [1.807, 2.05) is 0 Å². The standard InChI is InChI=1S/C21H22Cl2FN5OSi/c1-31(2,3)8-7-30-12-29-20-13-9-18(23)25-10-16(13)27-21(28-17(20)11-26-29)19-14(22)5-4-6-15(19)24/h4-6,9-11H,7-8,12H2,1-3H3,(H,27,28). The Morgan fingerprint density at radius 1 is 1.19 bits per heavy atom. The van der Waals surface area contributed by atoms with Gasteiger partial charge in [-0.3, -0.25) is 0 Å². The van der Waals surface area contributed by atoms with E-state index in [2.05, 4.69) is 40.0 Å². The fourth-order valence-electron chi connectivity index (χ4n) is 3.21. The van der Waals surface area contributed by atoms with Crippen LogP contribution in [0.2, 0.25) is 35.9 Å². The summed E-state index contributed by atoms with van der Waals surface area (Å²) >= 11 is 12.5. The van der Waals surface area contributed by atoms with E-state index < -0.39 is 13.9 Å². The summed E-state index contributed by atoms with van der Waals surface area (Å²) in [7, 11) is -1.20. The molecule has 31 heavy (non-hydrogen) atoms. The lowest BCUT2D eigenvalue weighted by atomic mass is 10.1. The number of rotatable bonds is 6. The van der Waals surface area contributed by atoms with Crippen LogP contribution < -0.4 is 5.32 Å². The molecule has 0 bridgehead atoms. The van der Waals surface area contributed by atoms with Gasteiger partial charge in [-0.25, -0.2) is 19.0 Å². The normalized spacial score (nSPS) is 13.2. The van der Waals surface area contributed by atoms with Gasteiger partial charge >= 0.3 is 0 Å². The second-order valence-electron chi connectivity index (χ2n) is 8.46. The fourth-order valence-corrected chi connectivity index (χ4v) is 4.38. The highest BCUT2D eigenvalue weighted by Gasteiger charge is 2.25. The summed E-state index contributed by atoms with van der Waals surface area (Å²) in [5, 5.41) is 8.22. The van der Waals surface area contributed by atoms with E-state index in [-0.39, 0.29) is 23.2 Å². The molecule has 1 aliphatic rings. The van der Waals surface area contributed by atoms with E-state index in [1.165, 1.54) is 6.07 Å². The molecule has 0 aliphatic carbocycles. The number of fused-ring (bicyclic) bond motifs is 3. The van der Waals surface area contributed by atoms with Gasteiger partial charge in [0.15, 0.2) is 0 Å². The summed E-state index contributed by atoms with van der Waals surface area (Å²) < 4.78 is 22.2. The molecule has 1 N–H and O–H groups in total. The predicted octanol–water partition coefficient (Wildman–Crippen LogP) is 6.21. The van der Waals surface area contributed by atoms with Crippen molar-refractivity contribution in [2.24, 2.45) is 4.99 Å². The lowest BCUT2D eigenvalue weighted by molar-refractivity contribution is 0.0798. The number of anilines is 1. The van der Waals surface area contributed by atoms with Crippen LogP contribution in [-0.4, -0.2) is 35.3 Å². The predicted molar refractivity (Wildman–Crippen MR) is 126 cm³/mol. The summed E-state index contributed by atoms with van der Waals surface area (Å²) in [5.74, 6) is -0.209. The lowest BCUT2D eigenvalue weighted by Crippen LogP contribution is -2.22. The zero-order chi connectivity index (χ0) is 22.2. The number of ether oxygens (including phenoxy) is 1. The van der Waals surface area contributed by atoms with Crippen LogP contribution in [0.15, 0.2) is 41.7 Å². The number of hydrogen-bond donors (Lipinski definition) is 1. The SMILES string of the molecule is C[Si](C)(C)CCOCn1ncc2c1-c1cc(Cl)ncc1N=C(c1c(F)cccc1Cl)N2. The Kier molecular flexibility index (Phi) is 6.16. The third kappa shape index (κ3) is 4.82. The van der Waals surface area contributed by atoms with Crippen LogP contribution >= 0.6 is 23.2 Å². The number of pyridine rings is 1. The van der Waals surface area contributed by atoms with Gasteiger partial charge < -0.3 is 10.1 Å². The van der Waals surface area contributed by atoms with Gasteiger partial charge in [0.25, 0.3) is 0 Å². The van der Waals surface area contributed by atoms with E-state index in [0.717, 1.165) is 17.3 Å². The van der Waals surface area contributed by atoms with Crippen LogP contribution in [0.3, 0.4) is 0 Å². The second kappa shape index (κ2) is 8.70. The molecule has 0 saturated heterocycles. The summed E-state index contributed by atoms with van der Waals surface area (Å²) in [6, 6.07) is 7.28. The van der Waals surface area contributed by atoms with E-state index >= 15 is 0 Å². The van der Waals surface area contributed by atoms with Gasteiger partial charge in [0, 0.05) is 20.2 Å². The average Bonchev–Trinajstić information content (AvgIpc) is 3.00. The molecule has 4 rings (SSSR count). The molecule has 162 valence electrons. The Bertz CT molecular complexity index is 1140. The zero-order valence-corrected chi connectivity index (χ0v) is 19.9. The van der Waals surface area contributed by atoms with Gasteiger partial charge in [0.2, 0.25) is 0 Å². The molecule has 0 amide bonds. The molecule has 6 nitrogen and oxygen atoms in total. The molecule has 1 aliphatic heterocycles. The van der Waals surface area contributed by atoms with Crippen LogP contribution in [0, 0.1) is 5.82 Å². The Hall–Kier alpha value is -2.26. The minimum Gasteiger partial charge on any atom is -0.360 e. The molecule has 0 unspecified atom stereocenters. The van der Waals surface area contributed by atoms with E-state index in [1.54, 1.807) is 35.3 Å². The van der Waals surface area contributed by atoms with Crippen molar-refractivity contribution in [3.8, 4) is 11.3 Å². The van der Waals surface area contributed by atoms with Gasteiger partial charge in [-0.05, 0) is 24.2 Å². The molecule has 3 heterocycles. The highest BCUT2D eigenvalue weighted by Crippen LogP contribution is 2.39. The number of hydrogen-bond acceptors (Lipinski definition) is 5. The lowest BCUT2D eigenvalue weighted by Gasteiger charge is -2.16. The maximum Gasteiger partial charge on any atom is 0.143 e. The molecule has 10 heteroatoms. The van der Waals surface area contributed by atoms with E-state index in [4.69, 9.17) is 27.9 Å². The van der Waals surface area contributed by atoms with Gasteiger partial charge in [0.05, 0.1) is 40.0 Å². The van der Waals surface area contributed by atoms with Crippen LogP contribution in [0.4, 0.5) is 15.8 Å². The van der Waals surface area contributed by atoms with Crippen LogP contribution in [0.25, 0.3) is 11.3 Å². The van der Waals surface area contributed by atoms with Crippen molar-refractivity contribution >= 4 is 48.5 Å². The van der Waals surface area contributed by atoms with E-state index in [0.29, 0.717) is 23.1 Å². The number of nitrogens with one attached hydrogen (secondary N) is 1. The first-order valence-corrected chi connectivity index (χ1v) is 14.3. The number of benzene rings is 1. The number of halogens is 3. The summed E-state index contributed by atoms with van der Waals surface area (Å²) in [6.07, 6.45) is 3.21. The van der Waals surface area contributed by atoms with Crippen molar-refractivity contribution in [2.45, 2.75) is 32.4 Å². The van der Waals surface area contributed by atoms with E-state index in [9.17, 15) is 4.39 Å². The highest BCUT2D eigenvalue weighted by molar-refractivity contribution is 6.76. The zero-order valence-electron chi connectivity index (χ0n) is 17.4. The Balaban J connectivity index is 1.74. The van der Waals surface area contributed by atoms with Crippen molar-refractivity contribution < 1.29 is 9.13 Å². The van der Waals surface area contributed by atoms with Crippen LogP contribution in [-0.2, 0) is 11.5 Å². The minimum absolute atomic E-state index is 0.178. The highest BCUT2D eigenvalue weighted by atomic mass is 35.5. The number of aliphatic imine (C=N–C) groups is 1. The van der Waals surface area contributed by atoms with Crippen molar-refractivity contribution in [2.75, 3.05) is 11.9 Å². The van der Waals surface area contributed by atoms with Crippen molar-refractivity contribution in [1.29, 1.82) is 0 Å². The first-order valence-electron chi connectivity index (χ1n) is 9.82. The molecule has 1 aromatic carbocycles. The molecule has 0 spiro atoms. The first kappa shape index (κ1) is 21.9. The molecule has 3 aromatic rings. The second-order valence-corrected chi connectivity index (χ2v) is 14.9. The summed E-state index contributed by atoms with van der Waals surface area (Å²) in [5.41, 5.74) is 2.80. The average molecular weight is 478 g/mol. The molecule has 0 atom stereocenters. The summed E-state index contributed by atoms with van der Waals surface area (Å²) in [4.78, 5) is 8.76. The Morgan fingerprint density at radius 2 is 2.00 bits per heavy atom. The molecular formula is C21H22Cl2FN5OSi. The fraction of sp³-hybridized carbons (Fsp3) is 0.286. The van der Waals surface area contributed by atoms with Gasteiger partial charge in [-0.2, -0.15) is 5.10 Å². The molecule has 0 saturated carbocycles. The Morgan fingerprint density at radius 3 is 2.74 bits per heavy atom. The third-order valence-electron chi connectivity index (χ3n) is 4.84. The molecule has 0 fully saturated rings. The topological polar surface area (TPSA) is 64.3 Å². The van der Waals surface area contributed by atoms with Crippen molar-refractivity contribution in [3.63, 3.8) is 0 Å². The number of nitrogens with zero attached hydrogens (tertiary/aromatic N) is 4. The van der Waals surface area contributed by atoms with Gasteiger partial charge in [-0.15, -0.1) is 0 Å². The van der Waals surface area contributed by atoms with Crippen LogP contribution in [0.5, 0.6) is 0 Å². The quantitative estimate of drug-likeness (QED) is 0.260. The van der Waals surface area contributed by atoms with Crippen molar-refractivity contribution in [1.82, 2.24) is 14.8 Å². The van der Waals surface area contributed by atoms with Crippen molar-refractivity contribution in [3.05, 3.63) is 58.2 Å². The number of amidine groups is 1. The minimum atomic E-state index is -1.20. The maximum absolute atomic E-state index is 14.6. The largest absolute Gasteiger partial charge is 0.360 e. The molecule has 2 aromatic heterocycles. The summed E-state index contributed by atoms with van der Waals surface area (Å²) in [6.45, 7) is 7.85. The Labute approximate surface area is 191 Å². The smallest absolute Gasteiger partial charge is 0.143 e.